The lowest BCUT2D eigenvalue weighted by Crippen LogP contribution is -2.16. The minimum absolute atomic E-state index is 0.300. The average Bonchev–Trinajstić information content (AvgIpc) is 2.27. The van der Waals surface area contributed by atoms with Crippen LogP contribution in [0.1, 0.15) is 5.56 Å². The lowest BCUT2D eigenvalue weighted by Gasteiger charge is -2.03. The summed E-state index contributed by atoms with van der Waals surface area (Å²) < 4.78 is 0. The van der Waals surface area contributed by atoms with Crippen LogP contribution in [0.5, 0.6) is 0 Å². The largest absolute Gasteiger partial charge is 0.382 e. The number of hydrogen-bond donors (Lipinski definition) is 2. The van der Waals surface area contributed by atoms with Crippen LogP contribution in [-0.2, 0) is 0 Å². The first-order valence-corrected chi connectivity index (χ1v) is 4.19. The second kappa shape index (κ2) is 3.33. The Hall–Kier alpha value is -2.10. The number of pyridine rings is 1. The maximum Gasteiger partial charge on any atom is 0.152 e. The third-order valence-corrected chi connectivity index (χ3v) is 2.08. The number of aromatic nitrogens is 1. The molecule has 1 heterocycles. The van der Waals surface area contributed by atoms with Crippen molar-refractivity contribution in [2.45, 2.75) is 0 Å². The lowest BCUT2D eigenvalue weighted by molar-refractivity contribution is 1.22. The van der Waals surface area contributed by atoms with Crippen LogP contribution in [0.15, 0.2) is 41.8 Å². The third kappa shape index (κ3) is 1.26. The van der Waals surface area contributed by atoms with E-state index in [0.717, 1.165) is 16.3 Å². The van der Waals surface area contributed by atoms with E-state index in [1.807, 2.05) is 24.3 Å². The van der Waals surface area contributed by atoms with Crippen molar-refractivity contribution in [3.8, 4) is 0 Å². The van der Waals surface area contributed by atoms with Crippen molar-refractivity contribution in [3.63, 3.8) is 0 Å². The molecule has 4 N–H and O–H groups in total. The molecule has 0 unspecified atom stereocenters. The lowest BCUT2D eigenvalue weighted by atomic mass is 10.1. The minimum Gasteiger partial charge on any atom is -0.382 e. The van der Waals surface area contributed by atoms with Crippen LogP contribution in [0.25, 0.3) is 10.8 Å². The zero-order chi connectivity index (χ0) is 9.97. The van der Waals surface area contributed by atoms with Gasteiger partial charge in [-0.25, -0.2) is 0 Å². The first kappa shape index (κ1) is 8.50. The SMILES string of the molecule is N/N=C(/N)c1cncc2ccccc12. The topological polar surface area (TPSA) is 77.3 Å². The molecule has 0 aliphatic carbocycles. The predicted octanol–water partition coefficient (Wildman–Crippen LogP) is 0.814. The standard InChI is InChI=1S/C10H10N4/c11-10(14-12)9-6-13-5-7-3-1-2-4-8(7)9/h1-6H,12H2,(H2,11,14). The monoisotopic (exact) mass is 186 g/mol. The van der Waals surface area contributed by atoms with Crippen LogP contribution in [0.4, 0.5) is 0 Å². The van der Waals surface area contributed by atoms with Crippen molar-refractivity contribution in [1.29, 1.82) is 0 Å². The van der Waals surface area contributed by atoms with Gasteiger partial charge in [-0.05, 0) is 5.39 Å². The summed E-state index contributed by atoms with van der Waals surface area (Å²) in [7, 11) is 0. The van der Waals surface area contributed by atoms with Gasteiger partial charge in [0.25, 0.3) is 0 Å². The van der Waals surface area contributed by atoms with Crippen molar-refractivity contribution in [1.82, 2.24) is 4.98 Å². The van der Waals surface area contributed by atoms with Gasteiger partial charge in [0.05, 0.1) is 0 Å². The van der Waals surface area contributed by atoms with Gasteiger partial charge < -0.3 is 11.6 Å². The number of nitrogens with zero attached hydrogens (tertiary/aromatic N) is 2. The Kier molecular flexibility index (Phi) is 2.02. The van der Waals surface area contributed by atoms with Crippen LogP contribution >= 0.6 is 0 Å². The number of fused-ring (bicyclic) bond motifs is 1. The molecule has 0 spiro atoms. The molecule has 0 aliphatic heterocycles. The van der Waals surface area contributed by atoms with Crippen molar-refractivity contribution >= 4 is 16.6 Å². The highest BCUT2D eigenvalue weighted by atomic mass is 15.2. The second-order valence-corrected chi connectivity index (χ2v) is 2.92. The zero-order valence-electron chi connectivity index (χ0n) is 7.51. The summed E-state index contributed by atoms with van der Waals surface area (Å²) in [5.41, 5.74) is 6.41. The molecule has 2 aromatic rings. The number of benzene rings is 1. The van der Waals surface area contributed by atoms with Gasteiger partial charge in [0.2, 0.25) is 0 Å². The molecule has 1 aromatic heterocycles. The van der Waals surface area contributed by atoms with Crippen molar-refractivity contribution in [2.24, 2.45) is 16.7 Å². The molecule has 70 valence electrons. The zero-order valence-corrected chi connectivity index (χ0v) is 7.51. The number of rotatable bonds is 1. The van der Waals surface area contributed by atoms with E-state index in [-0.39, 0.29) is 0 Å². The van der Waals surface area contributed by atoms with Gasteiger partial charge in [0, 0.05) is 23.3 Å². The molecule has 0 radical (unpaired) electrons. The fourth-order valence-corrected chi connectivity index (χ4v) is 1.39. The second-order valence-electron chi connectivity index (χ2n) is 2.92. The molecule has 4 heteroatoms. The van der Waals surface area contributed by atoms with E-state index in [1.165, 1.54) is 0 Å². The molecule has 0 aliphatic rings. The van der Waals surface area contributed by atoms with Crippen LogP contribution in [-0.4, -0.2) is 10.8 Å². The molecule has 0 atom stereocenters. The Morgan fingerprint density at radius 2 is 2.00 bits per heavy atom. The maximum absolute atomic E-state index is 5.65. The van der Waals surface area contributed by atoms with E-state index in [0.29, 0.717) is 5.84 Å². The highest BCUT2D eigenvalue weighted by Crippen LogP contribution is 2.16. The van der Waals surface area contributed by atoms with Gasteiger partial charge in [-0.3, -0.25) is 4.98 Å². The Bertz CT molecular complexity index is 485. The number of amidine groups is 1. The maximum atomic E-state index is 5.65. The molecule has 14 heavy (non-hydrogen) atoms. The Labute approximate surface area is 81.2 Å². The van der Waals surface area contributed by atoms with E-state index in [9.17, 15) is 0 Å². The minimum atomic E-state index is 0.300. The highest BCUT2D eigenvalue weighted by Gasteiger charge is 2.03. The van der Waals surface area contributed by atoms with Crippen molar-refractivity contribution in [3.05, 3.63) is 42.2 Å². The molecule has 0 fully saturated rings. The van der Waals surface area contributed by atoms with Crippen LogP contribution in [0, 0.1) is 0 Å². The van der Waals surface area contributed by atoms with Gasteiger partial charge in [-0.15, -0.1) is 0 Å². The van der Waals surface area contributed by atoms with E-state index < -0.39 is 0 Å². The summed E-state index contributed by atoms with van der Waals surface area (Å²) in [5.74, 6) is 5.43. The predicted molar refractivity (Wildman–Crippen MR) is 56.7 cm³/mol. The van der Waals surface area contributed by atoms with E-state index in [2.05, 4.69) is 10.1 Å². The van der Waals surface area contributed by atoms with Gasteiger partial charge in [0.1, 0.15) is 0 Å². The summed E-state index contributed by atoms with van der Waals surface area (Å²) in [4.78, 5) is 4.07. The number of nitrogens with two attached hydrogens (primary N) is 2. The van der Waals surface area contributed by atoms with Gasteiger partial charge in [0.15, 0.2) is 5.84 Å². The fourth-order valence-electron chi connectivity index (χ4n) is 1.39. The first-order chi connectivity index (χ1) is 6.83. The smallest absolute Gasteiger partial charge is 0.152 e. The summed E-state index contributed by atoms with van der Waals surface area (Å²) >= 11 is 0. The van der Waals surface area contributed by atoms with Crippen molar-refractivity contribution < 1.29 is 0 Å². The Morgan fingerprint density at radius 1 is 1.21 bits per heavy atom. The first-order valence-electron chi connectivity index (χ1n) is 4.19. The third-order valence-electron chi connectivity index (χ3n) is 2.08. The quantitative estimate of drug-likeness (QED) is 0.299. The molecule has 0 saturated carbocycles. The van der Waals surface area contributed by atoms with Crippen LogP contribution in [0.2, 0.25) is 0 Å². The van der Waals surface area contributed by atoms with Gasteiger partial charge in [-0.2, -0.15) is 5.10 Å². The average molecular weight is 186 g/mol. The number of hydrazone groups is 1. The Morgan fingerprint density at radius 3 is 2.79 bits per heavy atom. The van der Waals surface area contributed by atoms with E-state index >= 15 is 0 Å². The number of hydrogen-bond acceptors (Lipinski definition) is 3. The summed E-state index contributed by atoms with van der Waals surface area (Å²) in [6.45, 7) is 0. The molecule has 4 nitrogen and oxygen atoms in total. The molecule has 0 amide bonds. The molecular formula is C10H10N4. The molecule has 0 saturated heterocycles. The van der Waals surface area contributed by atoms with E-state index in [4.69, 9.17) is 11.6 Å². The molecule has 2 rings (SSSR count). The van der Waals surface area contributed by atoms with Crippen LogP contribution in [0.3, 0.4) is 0 Å². The Balaban J connectivity index is 2.77. The van der Waals surface area contributed by atoms with Crippen molar-refractivity contribution in [2.75, 3.05) is 0 Å². The van der Waals surface area contributed by atoms with Gasteiger partial charge in [-0.1, -0.05) is 24.3 Å². The summed E-state index contributed by atoms with van der Waals surface area (Å²) in [6, 6.07) is 7.82. The molecule has 0 bridgehead atoms. The fraction of sp³-hybridized carbons (Fsp3) is 0. The highest BCUT2D eigenvalue weighted by molar-refractivity contribution is 6.08. The summed E-state index contributed by atoms with van der Waals surface area (Å²) in [6.07, 6.45) is 3.44. The molecular weight excluding hydrogens is 176 g/mol. The normalized spacial score (nSPS) is 11.9. The van der Waals surface area contributed by atoms with Gasteiger partial charge >= 0.3 is 0 Å². The van der Waals surface area contributed by atoms with E-state index in [1.54, 1.807) is 12.4 Å². The summed E-state index contributed by atoms with van der Waals surface area (Å²) in [5, 5.41) is 5.50. The van der Waals surface area contributed by atoms with Crippen LogP contribution < -0.4 is 11.6 Å². The molecule has 1 aromatic carbocycles.